The third-order valence-electron chi connectivity index (χ3n) is 5.98. The van der Waals surface area contributed by atoms with Crippen LogP contribution in [-0.2, 0) is 26.1 Å². The molecule has 7 nitrogen and oxygen atoms in total. The Morgan fingerprint density at radius 1 is 1.23 bits per heavy atom. The van der Waals surface area contributed by atoms with Crippen molar-refractivity contribution in [2.75, 3.05) is 26.0 Å². The molecular formula is C22H34N2O5S. The van der Waals surface area contributed by atoms with E-state index in [0.717, 1.165) is 44.1 Å². The standard InChI is InChI=1S/C22H34N2O5S/c1-17-8-10-19(11-9-17)23-30(26,27)16-22(25)24(15-21-7-4-12-29-21)14-18-5-3-6-20(13-18)28-2/h3,5-6,13,17,19,21,23H,4,7-12,14-16H2,1-2H3. The van der Waals surface area contributed by atoms with E-state index < -0.39 is 21.7 Å². The zero-order valence-electron chi connectivity index (χ0n) is 18.0. The van der Waals surface area contributed by atoms with Crippen molar-refractivity contribution < 1.29 is 22.7 Å². The van der Waals surface area contributed by atoms with Gasteiger partial charge in [0.2, 0.25) is 15.9 Å². The van der Waals surface area contributed by atoms with E-state index in [9.17, 15) is 13.2 Å². The maximum atomic E-state index is 13.0. The summed E-state index contributed by atoms with van der Waals surface area (Å²) in [6.45, 7) is 3.60. The quantitative estimate of drug-likeness (QED) is 0.641. The fourth-order valence-electron chi connectivity index (χ4n) is 4.21. The SMILES string of the molecule is COc1cccc(CN(CC2CCCO2)C(=O)CS(=O)(=O)NC2CCC(C)CC2)c1. The van der Waals surface area contributed by atoms with Crippen LogP contribution in [0, 0.1) is 5.92 Å². The molecule has 1 aromatic rings. The van der Waals surface area contributed by atoms with Gasteiger partial charge in [0.05, 0.1) is 13.2 Å². The summed E-state index contributed by atoms with van der Waals surface area (Å²) < 4.78 is 39.1. The number of sulfonamides is 1. The largest absolute Gasteiger partial charge is 0.497 e. The van der Waals surface area contributed by atoms with E-state index >= 15 is 0 Å². The fraction of sp³-hybridized carbons (Fsp3) is 0.682. The Morgan fingerprint density at radius 2 is 2.00 bits per heavy atom. The lowest BCUT2D eigenvalue weighted by molar-refractivity contribution is -0.130. The molecule has 0 aromatic heterocycles. The van der Waals surface area contributed by atoms with Crippen molar-refractivity contribution in [1.29, 1.82) is 0 Å². The molecule has 1 atom stereocenters. The van der Waals surface area contributed by atoms with Crippen LogP contribution in [0.1, 0.15) is 51.0 Å². The molecule has 1 unspecified atom stereocenters. The number of carbonyl (C=O) groups is 1. The van der Waals surface area contributed by atoms with Gasteiger partial charge in [0.25, 0.3) is 0 Å². The molecule has 2 fully saturated rings. The van der Waals surface area contributed by atoms with Gasteiger partial charge in [-0.15, -0.1) is 0 Å². The Labute approximate surface area is 180 Å². The number of rotatable bonds is 9. The zero-order chi connectivity index (χ0) is 21.6. The molecule has 2 aliphatic rings. The van der Waals surface area contributed by atoms with Crippen LogP contribution in [0.5, 0.6) is 5.75 Å². The maximum absolute atomic E-state index is 13.0. The minimum absolute atomic E-state index is 0.0462. The smallest absolute Gasteiger partial charge is 0.239 e. The van der Waals surface area contributed by atoms with E-state index in [4.69, 9.17) is 9.47 Å². The van der Waals surface area contributed by atoms with Gasteiger partial charge in [0.1, 0.15) is 11.5 Å². The molecule has 1 heterocycles. The first kappa shape index (κ1) is 23.0. The molecule has 3 rings (SSSR count). The summed E-state index contributed by atoms with van der Waals surface area (Å²) in [5.74, 6) is 0.412. The molecule has 1 saturated heterocycles. The van der Waals surface area contributed by atoms with Crippen LogP contribution in [0.15, 0.2) is 24.3 Å². The van der Waals surface area contributed by atoms with Gasteiger partial charge >= 0.3 is 0 Å². The number of ether oxygens (including phenoxy) is 2. The zero-order valence-corrected chi connectivity index (χ0v) is 18.8. The van der Waals surface area contributed by atoms with Gasteiger partial charge in [-0.1, -0.05) is 19.1 Å². The van der Waals surface area contributed by atoms with E-state index in [2.05, 4.69) is 11.6 Å². The molecular weight excluding hydrogens is 404 g/mol. The van der Waals surface area contributed by atoms with Gasteiger partial charge in [0.15, 0.2) is 0 Å². The molecule has 0 spiro atoms. The number of nitrogens with zero attached hydrogens (tertiary/aromatic N) is 1. The van der Waals surface area contributed by atoms with E-state index in [1.165, 1.54) is 0 Å². The Morgan fingerprint density at radius 3 is 2.67 bits per heavy atom. The molecule has 1 aromatic carbocycles. The lowest BCUT2D eigenvalue weighted by atomic mass is 9.88. The number of hydrogen-bond donors (Lipinski definition) is 1. The average Bonchev–Trinajstić information content (AvgIpc) is 3.22. The molecule has 1 saturated carbocycles. The molecule has 0 radical (unpaired) electrons. The average molecular weight is 439 g/mol. The Hall–Kier alpha value is -1.64. The monoisotopic (exact) mass is 438 g/mol. The summed E-state index contributed by atoms with van der Waals surface area (Å²) in [5.41, 5.74) is 0.896. The normalized spacial score (nSPS) is 24.5. The van der Waals surface area contributed by atoms with Crippen LogP contribution in [0.25, 0.3) is 0 Å². The Balaban J connectivity index is 1.65. The third-order valence-corrected chi connectivity index (χ3v) is 7.30. The molecule has 168 valence electrons. The van der Waals surface area contributed by atoms with Crippen molar-refractivity contribution in [3.05, 3.63) is 29.8 Å². The molecule has 8 heteroatoms. The van der Waals surface area contributed by atoms with Crippen molar-refractivity contribution in [1.82, 2.24) is 9.62 Å². The van der Waals surface area contributed by atoms with Crippen LogP contribution in [-0.4, -0.2) is 57.4 Å². The fourth-order valence-corrected chi connectivity index (χ4v) is 5.54. The highest BCUT2D eigenvalue weighted by atomic mass is 32.2. The second-order valence-electron chi connectivity index (χ2n) is 8.59. The van der Waals surface area contributed by atoms with Crippen molar-refractivity contribution in [3.63, 3.8) is 0 Å². The number of hydrogen-bond acceptors (Lipinski definition) is 5. The van der Waals surface area contributed by atoms with Crippen LogP contribution < -0.4 is 9.46 Å². The molecule has 0 bridgehead atoms. The van der Waals surface area contributed by atoms with Crippen molar-refractivity contribution in [2.24, 2.45) is 5.92 Å². The highest BCUT2D eigenvalue weighted by molar-refractivity contribution is 7.90. The lowest BCUT2D eigenvalue weighted by Gasteiger charge is -2.28. The van der Waals surface area contributed by atoms with Crippen molar-refractivity contribution >= 4 is 15.9 Å². The summed E-state index contributed by atoms with van der Waals surface area (Å²) in [7, 11) is -2.09. The van der Waals surface area contributed by atoms with Gasteiger partial charge < -0.3 is 14.4 Å². The summed E-state index contributed by atoms with van der Waals surface area (Å²) in [5, 5.41) is 0. The van der Waals surface area contributed by atoms with Crippen LogP contribution >= 0.6 is 0 Å². The van der Waals surface area contributed by atoms with Gasteiger partial charge in [0, 0.05) is 25.7 Å². The molecule has 1 N–H and O–H groups in total. The minimum atomic E-state index is -3.69. The van der Waals surface area contributed by atoms with Crippen LogP contribution in [0.4, 0.5) is 0 Å². The third kappa shape index (κ3) is 6.96. The number of nitrogens with one attached hydrogen (secondary N) is 1. The number of benzene rings is 1. The first-order chi connectivity index (χ1) is 14.3. The maximum Gasteiger partial charge on any atom is 0.239 e. The minimum Gasteiger partial charge on any atom is -0.497 e. The topological polar surface area (TPSA) is 84.9 Å². The molecule has 30 heavy (non-hydrogen) atoms. The van der Waals surface area contributed by atoms with Gasteiger partial charge in [-0.05, 0) is 62.1 Å². The summed E-state index contributed by atoms with van der Waals surface area (Å²) >= 11 is 0. The van der Waals surface area contributed by atoms with Crippen molar-refractivity contribution in [3.8, 4) is 5.75 Å². The van der Waals surface area contributed by atoms with Crippen LogP contribution in [0.3, 0.4) is 0 Å². The predicted molar refractivity (Wildman–Crippen MR) is 116 cm³/mol. The Kier molecular flexibility index (Phi) is 8.13. The van der Waals surface area contributed by atoms with Crippen LogP contribution in [0.2, 0.25) is 0 Å². The molecule has 1 aliphatic heterocycles. The second kappa shape index (κ2) is 10.6. The highest BCUT2D eigenvalue weighted by Gasteiger charge is 2.29. The van der Waals surface area contributed by atoms with Gasteiger partial charge in [-0.2, -0.15) is 0 Å². The highest BCUT2D eigenvalue weighted by Crippen LogP contribution is 2.24. The summed E-state index contributed by atoms with van der Waals surface area (Å²) in [6, 6.07) is 7.42. The van der Waals surface area contributed by atoms with E-state index in [1.807, 2.05) is 24.3 Å². The number of carbonyl (C=O) groups excluding carboxylic acids is 1. The van der Waals surface area contributed by atoms with E-state index in [-0.39, 0.29) is 12.1 Å². The van der Waals surface area contributed by atoms with Gasteiger partial charge in [-0.25, -0.2) is 13.1 Å². The van der Waals surface area contributed by atoms with Gasteiger partial charge in [-0.3, -0.25) is 4.79 Å². The molecule has 1 aliphatic carbocycles. The number of amides is 1. The van der Waals surface area contributed by atoms with E-state index in [0.29, 0.717) is 31.4 Å². The lowest BCUT2D eigenvalue weighted by Crippen LogP contribution is -2.45. The molecule has 1 amide bonds. The summed E-state index contributed by atoms with van der Waals surface area (Å²) in [4.78, 5) is 14.6. The first-order valence-electron chi connectivity index (χ1n) is 10.9. The second-order valence-corrected chi connectivity index (χ2v) is 10.3. The summed E-state index contributed by atoms with van der Waals surface area (Å²) in [6.07, 6.45) is 5.49. The van der Waals surface area contributed by atoms with Crippen molar-refractivity contribution in [2.45, 2.75) is 64.1 Å². The Bertz CT molecular complexity index is 800. The van der Waals surface area contributed by atoms with E-state index in [1.54, 1.807) is 12.0 Å². The first-order valence-corrected chi connectivity index (χ1v) is 12.5. The number of methoxy groups -OCH3 is 1. The predicted octanol–water partition coefficient (Wildman–Crippen LogP) is 2.70.